The van der Waals surface area contributed by atoms with E-state index in [1.807, 2.05) is 39.0 Å². The number of carbonyl (C=O) groups excluding carboxylic acids is 1. The molecule has 0 saturated heterocycles. The van der Waals surface area contributed by atoms with Gasteiger partial charge >= 0.3 is 0 Å². The van der Waals surface area contributed by atoms with Crippen molar-refractivity contribution in [1.29, 1.82) is 0 Å². The van der Waals surface area contributed by atoms with Gasteiger partial charge in [0.25, 0.3) is 0 Å². The first-order valence-corrected chi connectivity index (χ1v) is 10.7. The van der Waals surface area contributed by atoms with E-state index in [9.17, 15) is 13.2 Å². The van der Waals surface area contributed by atoms with E-state index in [4.69, 9.17) is 4.74 Å². The third kappa shape index (κ3) is 6.65. The van der Waals surface area contributed by atoms with Gasteiger partial charge in [0.15, 0.2) is 0 Å². The van der Waals surface area contributed by atoms with Crippen molar-refractivity contribution in [2.75, 3.05) is 19.7 Å². The molecule has 2 aromatic rings. The predicted molar refractivity (Wildman–Crippen MR) is 110 cm³/mol. The summed E-state index contributed by atoms with van der Waals surface area (Å²) < 4.78 is 32.9. The SMILES string of the molecule is Cc1cc(C)cc(OCCC(=O)NCCNS(=O)(=O)c2cc(C)ccc2C)c1. The van der Waals surface area contributed by atoms with Crippen LogP contribution in [0.15, 0.2) is 41.3 Å². The second-order valence-electron chi connectivity index (χ2n) is 6.94. The molecule has 28 heavy (non-hydrogen) atoms. The Labute approximate surface area is 167 Å². The average molecular weight is 405 g/mol. The number of aryl methyl sites for hydroxylation is 4. The summed E-state index contributed by atoms with van der Waals surface area (Å²) in [5, 5.41) is 2.70. The largest absolute Gasteiger partial charge is 0.493 e. The lowest BCUT2D eigenvalue weighted by atomic mass is 10.1. The summed E-state index contributed by atoms with van der Waals surface area (Å²) in [6.45, 7) is 8.19. The fourth-order valence-corrected chi connectivity index (χ4v) is 4.19. The first kappa shape index (κ1) is 21.9. The van der Waals surface area contributed by atoms with Gasteiger partial charge in [-0.1, -0.05) is 18.2 Å². The minimum absolute atomic E-state index is 0.124. The highest BCUT2D eigenvalue weighted by Gasteiger charge is 2.16. The van der Waals surface area contributed by atoms with Crippen LogP contribution >= 0.6 is 0 Å². The lowest BCUT2D eigenvalue weighted by Crippen LogP contribution is -2.35. The molecule has 1 amide bonds. The van der Waals surface area contributed by atoms with Gasteiger partial charge in [-0.05, 0) is 68.1 Å². The van der Waals surface area contributed by atoms with E-state index in [2.05, 4.69) is 16.1 Å². The van der Waals surface area contributed by atoms with Crippen molar-refractivity contribution in [3.05, 3.63) is 58.7 Å². The Morgan fingerprint density at radius 1 is 0.929 bits per heavy atom. The molecule has 2 aromatic carbocycles. The maximum absolute atomic E-state index is 12.4. The number of hydrogen-bond acceptors (Lipinski definition) is 4. The Morgan fingerprint density at radius 2 is 1.61 bits per heavy atom. The Hall–Kier alpha value is -2.38. The van der Waals surface area contributed by atoms with Crippen LogP contribution in [0.3, 0.4) is 0 Å². The van der Waals surface area contributed by atoms with E-state index in [1.54, 1.807) is 19.1 Å². The van der Waals surface area contributed by atoms with Gasteiger partial charge in [0.2, 0.25) is 15.9 Å². The topological polar surface area (TPSA) is 84.5 Å². The normalized spacial score (nSPS) is 11.3. The van der Waals surface area contributed by atoms with Gasteiger partial charge in [-0.25, -0.2) is 13.1 Å². The average Bonchev–Trinajstić information content (AvgIpc) is 2.60. The monoisotopic (exact) mass is 404 g/mol. The molecule has 152 valence electrons. The molecule has 0 heterocycles. The number of rotatable bonds is 9. The zero-order valence-corrected chi connectivity index (χ0v) is 17.7. The summed E-state index contributed by atoms with van der Waals surface area (Å²) in [6, 6.07) is 11.2. The second-order valence-corrected chi connectivity index (χ2v) is 8.67. The molecule has 2 N–H and O–H groups in total. The summed E-state index contributed by atoms with van der Waals surface area (Å²) in [4.78, 5) is 12.2. The molecule has 0 fully saturated rings. The van der Waals surface area contributed by atoms with Crippen molar-refractivity contribution in [3.8, 4) is 5.75 Å². The molecule has 7 heteroatoms. The van der Waals surface area contributed by atoms with Crippen molar-refractivity contribution >= 4 is 15.9 Å². The van der Waals surface area contributed by atoms with Crippen LogP contribution in [-0.4, -0.2) is 34.0 Å². The minimum Gasteiger partial charge on any atom is -0.493 e. The number of ether oxygens (including phenoxy) is 1. The van der Waals surface area contributed by atoms with E-state index in [1.165, 1.54) is 0 Å². The van der Waals surface area contributed by atoms with Crippen molar-refractivity contribution in [2.24, 2.45) is 0 Å². The Kier molecular flexibility index (Phi) is 7.60. The summed E-state index contributed by atoms with van der Waals surface area (Å²) in [5.74, 6) is 0.557. The van der Waals surface area contributed by atoms with Crippen LogP contribution < -0.4 is 14.8 Å². The highest BCUT2D eigenvalue weighted by atomic mass is 32.2. The van der Waals surface area contributed by atoms with Crippen molar-refractivity contribution < 1.29 is 17.9 Å². The van der Waals surface area contributed by atoms with Gasteiger partial charge in [0.05, 0.1) is 17.9 Å². The number of hydrogen-bond donors (Lipinski definition) is 2. The summed E-state index contributed by atoms with van der Waals surface area (Å²) in [5.41, 5.74) is 3.78. The van der Waals surface area contributed by atoms with Crippen molar-refractivity contribution in [2.45, 2.75) is 39.0 Å². The van der Waals surface area contributed by atoms with Crippen LogP contribution in [0.4, 0.5) is 0 Å². The van der Waals surface area contributed by atoms with Gasteiger partial charge in [-0.15, -0.1) is 0 Å². The molecule has 0 aromatic heterocycles. The quantitative estimate of drug-likeness (QED) is 0.630. The molecule has 0 aliphatic rings. The molecule has 2 rings (SSSR count). The van der Waals surface area contributed by atoms with Crippen molar-refractivity contribution in [3.63, 3.8) is 0 Å². The molecular formula is C21H28N2O4S. The molecule has 0 atom stereocenters. The minimum atomic E-state index is -3.60. The molecule has 0 bridgehead atoms. The molecule has 0 saturated carbocycles. The van der Waals surface area contributed by atoms with E-state index in [-0.39, 0.29) is 36.9 Å². The predicted octanol–water partition coefficient (Wildman–Crippen LogP) is 2.78. The van der Waals surface area contributed by atoms with Gasteiger partial charge in [-0.2, -0.15) is 0 Å². The lowest BCUT2D eigenvalue weighted by Gasteiger charge is -2.11. The Balaban J connectivity index is 1.72. The summed E-state index contributed by atoms with van der Waals surface area (Å²) >= 11 is 0. The Morgan fingerprint density at radius 3 is 2.29 bits per heavy atom. The van der Waals surface area contributed by atoms with E-state index >= 15 is 0 Å². The smallest absolute Gasteiger partial charge is 0.240 e. The summed E-state index contributed by atoms with van der Waals surface area (Å²) in [7, 11) is -3.60. The number of amides is 1. The van der Waals surface area contributed by atoms with E-state index in [0.717, 1.165) is 22.4 Å². The molecule has 6 nitrogen and oxygen atoms in total. The fourth-order valence-electron chi connectivity index (χ4n) is 2.83. The number of nitrogens with one attached hydrogen (secondary N) is 2. The zero-order chi connectivity index (χ0) is 20.7. The number of carbonyl (C=O) groups is 1. The van der Waals surface area contributed by atoms with Gasteiger partial charge in [0, 0.05) is 13.1 Å². The second kappa shape index (κ2) is 9.71. The van der Waals surface area contributed by atoms with Gasteiger partial charge in [0.1, 0.15) is 5.75 Å². The van der Waals surface area contributed by atoms with Gasteiger partial charge in [-0.3, -0.25) is 4.79 Å². The third-order valence-corrected chi connectivity index (χ3v) is 5.77. The van der Waals surface area contributed by atoms with Crippen molar-refractivity contribution in [1.82, 2.24) is 10.0 Å². The van der Waals surface area contributed by atoms with Crippen LogP contribution in [0.1, 0.15) is 28.7 Å². The number of benzene rings is 2. The first-order chi connectivity index (χ1) is 13.2. The molecule has 0 aliphatic heterocycles. The Bertz CT molecular complexity index is 919. The maximum Gasteiger partial charge on any atom is 0.240 e. The van der Waals surface area contributed by atoms with Gasteiger partial charge < -0.3 is 10.1 Å². The standard InChI is InChI=1S/C21H28N2O4S/c1-15-5-6-18(4)20(14-15)28(25,26)23-9-8-22-21(24)7-10-27-19-12-16(2)11-17(3)13-19/h5-6,11-14,23H,7-10H2,1-4H3,(H,22,24). The highest BCUT2D eigenvalue weighted by molar-refractivity contribution is 7.89. The number of sulfonamides is 1. The van der Waals surface area contributed by atoms with Crippen LogP contribution in [0.2, 0.25) is 0 Å². The molecule has 0 spiro atoms. The molecular weight excluding hydrogens is 376 g/mol. The summed E-state index contributed by atoms with van der Waals surface area (Å²) in [6.07, 6.45) is 0.205. The highest BCUT2D eigenvalue weighted by Crippen LogP contribution is 2.17. The van der Waals surface area contributed by atoms with Crippen LogP contribution in [-0.2, 0) is 14.8 Å². The molecule has 0 radical (unpaired) electrons. The first-order valence-electron chi connectivity index (χ1n) is 9.22. The zero-order valence-electron chi connectivity index (χ0n) is 16.8. The van der Waals surface area contributed by atoms with Crippen LogP contribution in [0, 0.1) is 27.7 Å². The van der Waals surface area contributed by atoms with Crippen LogP contribution in [0.5, 0.6) is 5.75 Å². The maximum atomic E-state index is 12.4. The molecule has 0 unspecified atom stereocenters. The fraction of sp³-hybridized carbons (Fsp3) is 0.381. The van der Waals surface area contributed by atoms with Crippen LogP contribution in [0.25, 0.3) is 0 Å². The lowest BCUT2D eigenvalue weighted by molar-refractivity contribution is -0.121. The third-order valence-electron chi connectivity index (χ3n) is 4.17. The molecule has 0 aliphatic carbocycles. The van der Waals surface area contributed by atoms with E-state index in [0.29, 0.717) is 5.56 Å². The van der Waals surface area contributed by atoms with E-state index < -0.39 is 10.0 Å².